The first-order valence-corrected chi connectivity index (χ1v) is 11.7. The van der Waals surface area contributed by atoms with Gasteiger partial charge < -0.3 is 14.6 Å². The molecule has 0 spiro atoms. The molecule has 1 fully saturated rings. The van der Waals surface area contributed by atoms with E-state index in [9.17, 15) is 4.79 Å². The first kappa shape index (κ1) is 19.9. The zero-order valence-electron chi connectivity index (χ0n) is 17.4. The Labute approximate surface area is 185 Å². The molecule has 7 heteroatoms. The second-order valence-corrected chi connectivity index (χ2v) is 8.70. The lowest BCUT2D eigenvalue weighted by Crippen LogP contribution is -2.43. The van der Waals surface area contributed by atoms with Gasteiger partial charge in [-0.2, -0.15) is 0 Å². The van der Waals surface area contributed by atoms with Crippen molar-refractivity contribution in [2.24, 2.45) is 5.92 Å². The Bertz CT molecular complexity index is 1220. The first-order valence-electron chi connectivity index (χ1n) is 10.5. The largest absolute Gasteiger partial charge is 0.450 e. The predicted molar refractivity (Wildman–Crippen MR) is 124 cm³/mol. The summed E-state index contributed by atoms with van der Waals surface area (Å²) in [6.45, 7) is 2.02. The number of fused-ring (bicyclic) bond motifs is 3. The van der Waals surface area contributed by atoms with Crippen molar-refractivity contribution in [3.63, 3.8) is 0 Å². The topological polar surface area (TPSA) is 71.3 Å². The number of hydrogen-bond donors (Lipinski definition) is 1. The van der Waals surface area contributed by atoms with Crippen LogP contribution in [0, 0.1) is 5.92 Å². The number of carbonyl (C=O) groups is 1. The van der Waals surface area contributed by atoms with Gasteiger partial charge in [-0.3, -0.25) is 4.79 Å². The van der Waals surface area contributed by atoms with Crippen LogP contribution in [-0.2, 0) is 11.3 Å². The van der Waals surface area contributed by atoms with Crippen molar-refractivity contribution in [3.05, 3.63) is 60.4 Å². The molecule has 1 N–H and O–H groups in total. The number of aromatic nitrogens is 2. The summed E-state index contributed by atoms with van der Waals surface area (Å²) >= 11 is 1.71. The minimum Gasteiger partial charge on any atom is -0.450 e. The third-order valence-electron chi connectivity index (χ3n) is 5.86. The maximum absolute atomic E-state index is 12.9. The van der Waals surface area contributed by atoms with Gasteiger partial charge in [-0.25, -0.2) is 9.97 Å². The van der Waals surface area contributed by atoms with Crippen LogP contribution in [-0.4, -0.2) is 35.2 Å². The average Bonchev–Trinajstić information content (AvgIpc) is 3.22. The van der Waals surface area contributed by atoms with E-state index in [0.717, 1.165) is 47.3 Å². The number of amides is 1. The molecular weight excluding hydrogens is 408 g/mol. The Morgan fingerprint density at radius 3 is 2.87 bits per heavy atom. The molecule has 5 rings (SSSR count). The molecule has 1 atom stereocenters. The molecule has 4 aromatic rings. The molecule has 158 valence electrons. The van der Waals surface area contributed by atoms with Crippen molar-refractivity contribution >= 4 is 45.6 Å². The molecule has 0 aliphatic carbocycles. The van der Waals surface area contributed by atoms with E-state index in [4.69, 9.17) is 4.42 Å². The molecular formula is C24H24N4O2S. The highest BCUT2D eigenvalue weighted by Gasteiger charge is 2.28. The molecule has 1 unspecified atom stereocenters. The van der Waals surface area contributed by atoms with Crippen LogP contribution in [0.15, 0.2) is 64.2 Å². The standard InChI is InChI=1S/C24H24N4O2S/c1-31-18-10-8-16(9-11-18)13-25-24(29)17-5-4-12-28(14-17)23-22-21(26-15-27-23)19-6-2-3-7-20(19)30-22/h2-3,6-11,15,17H,4-5,12-14H2,1H3,(H,25,29). The van der Waals surface area contributed by atoms with Gasteiger partial charge in [-0.1, -0.05) is 24.3 Å². The number of nitrogens with zero attached hydrogens (tertiary/aromatic N) is 3. The van der Waals surface area contributed by atoms with Gasteiger partial charge in [0.1, 0.15) is 17.4 Å². The highest BCUT2D eigenvalue weighted by molar-refractivity contribution is 7.98. The molecule has 1 aliphatic rings. The molecule has 2 aromatic carbocycles. The Morgan fingerprint density at radius 2 is 2.03 bits per heavy atom. The summed E-state index contributed by atoms with van der Waals surface area (Å²) in [7, 11) is 0. The fourth-order valence-corrected chi connectivity index (χ4v) is 4.61. The van der Waals surface area contributed by atoms with Gasteiger partial charge in [0.15, 0.2) is 11.4 Å². The van der Waals surface area contributed by atoms with Crippen LogP contribution in [0.3, 0.4) is 0 Å². The predicted octanol–water partition coefficient (Wildman–Crippen LogP) is 4.63. The molecule has 0 bridgehead atoms. The van der Waals surface area contributed by atoms with Crippen molar-refractivity contribution < 1.29 is 9.21 Å². The van der Waals surface area contributed by atoms with Crippen LogP contribution in [0.25, 0.3) is 22.1 Å². The molecule has 0 saturated carbocycles. The van der Waals surface area contributed by atoms with Gasteiger partial charge >= 0.3 is 0 Å². The van der Waals surface area contributed by atoms with Crippen molar-refractivity contribution in [2.75, 3.05) is 24.2 Å². The third-order valence-corrected chi connectivity index (χ3v) is 6.60. The van der Waals surface area contributed by atoms with Gasteiger partial charge in [-0.05, 0) is 48.9 Å². The zero-order valence-corrected chi connectivity index (χ0v) is 18.2. The summed E-state index contributed by atoms with van der Waals surface area (Å²) in [6, 6.07) is 16.2. The summed E-state index contributed by atoms with van der Waals surface area (Å²) < 4.78 is 6.09. The van der Waals surface area contributed by atoms with E-state index in [1.54, 1.807) is 18.1 Å². The Kier molecular flexibility index (Phi) is 5.51. The number of thioether (sulfide) groups is 1. The normalized spacial score (nSPS) is 16.7. The minimum absolute atomic E-state index is 0.0754. The number of piperidine rings is 1. The van der Waals surface area contributed by atoms with Crippen molar-refractivity contribution in [1.82, 2.24) is 15.3 Å². The number of benzene rings is 2. The smallest absolute Gasteiger partial charge is 0.225 e. The molecule has 0 radical (unpaired) electrons. The molecule has 1 aliphatic heterocycles. The lowest BCUT2D eigenvalue weighted by Gasteiger charge is -2.32. The summed E-state index contributed by atoms with van der Waals surface area (Å²) in [4.78, 5) is 25.2. The van der Waals surface area contributed by atoms with Crippen LogP contribution < -0.4 is 10.2 Å². The van der Waals surface area contributed by atoms with Gasteiger partial charge in [0.05, 0.1) is 5.92 Å². The molecule has 1 saturated heterocycles. The van der Waals surface area contributed by atoms with Gasteiger partial charge in [0.2, 0.25) is 5.91 Å². The third kappa shape index (κ3) is 3.97. The highest BCUT2D eigenvalue weighted by atomic mass is 32.2. The van der Waals surface area contributed by atoms with Crippen molar-refractivity contribution in [3.8, 4) is 0 Å². The average molecular weight is 433 g/mol. The number of rotatable bonds is 5. The first-order chi connectivity index (χ1) is 15.2. The molecule has 2 aromatic heterocycles. The Balaban J connectivity index is 1.31. The van der Waals surface area contributed by atoms with E-state index in [1.807, 2.05) is 24.3 Å². The maximum Gasteiger partial charge on any atom is 0.225 e. The summed E-state index contributed by atoms with van der Waals surface area (Å²) in [6.07, 6.45) is 5.46. The number of anilines is 1. The second-order valence-electron chi connectivity index (χ2n) is 7.82. The van der Waals surface area contributed by atoms with Crippen LogP contribution in [0.5, 0.6) is 0 Å². The van der Waals surface area contributed by atoms with E-state index in [0.29, 0.717) is 18.7 Å². The fourth-order valence-electron chi connectivity index (χ4n) is 4.20. The number of hydrogen-bond acceptors (Lipinski definition) is 6. The zero-order chi connectivity index (χ0) is 21.2. The number of furan rings is 1. The molecule has 6 nitrogen and oxygen atoms in total. The lowest BCUT2D eigenvalue weighted by atomic mass is 9.97. The minimum atomic E-state index is -0.0754. The van der Waals surface area contributed by atoms with Crippen molar-refractivity contribution in [2.45, 2.75) is 24.3 Å². The molecule has 3 heterocycles. The van der Waals surface area contributed by atoms with Crippen LogP contribution in [0.2, 0.25) is 0 Å². The van der Waals surface area contributed by atoms with E-state index in [1.165, 1.54) is 4.90 Å². The van der Waals surface area contributed by atoms with E-state index in [-0.39, 0.29) is 11.8 Å². The van der Waals surface area contributed by atoms with Gasteiger partial charge in [0.25, 0.3) is 0 Å². The van der Waals surface area contributed by atoms with E-state index in [2.05, 4.69) is 50.7 Å². The summed E-state index contributed by atoms with van der Waals surface area (Å²) in [5.74, 6) is 0.786. The van der Waals surface area contributed by atoms with Gasteiger partial charge in [-0.15, -0.1) is 11.8 Å². The lowest BCUT2D eigenvalue weighted by molar-refractivity contribution is -0.125. The van der Waals surface area contributed by atoms with Crippen LogP contribution >= 0.6 is 11.8 Å². The van der Waals surface area contributed by atoms with E-state index >= 15 is 0 Å². The number of nitrogens with one attached hydrogen (secondary N) is 1. The Hall–Kier alpha value is -3.06. The van der Waals surface area contributed by atoms with Crippen LogP contribution in [0.1, 0.15) is 18.4 Å². The SMILES string of the molecule is CSc1ccc(CNC(=O)C2CCCN(c3ncnc4c3oc3ccccc34)C2)cc1. The Morgan fingerprint density at radius 1 is 1.19 bits per heavy atom. The highest BCUT2D eigenvalue weighted by Crippen LogP contribution is 2.33. The second kappa shape index (κ2) is 8.59. The number of carbonyl (C=O) groups excluding carboxylic acids is 1. The number of para-hydroxylation sites is 1. The summed E-state index contributed by atoms with van der Waals surface area (Å²) in [5, 5.41) is 4.09. The summed E-state index contributed by atoms with van der Waals surface area (Å²) in [5.41, 5.74) is 3.43. The van der Waals surface area contributed by atoms with Gasteiger partial charge in [0, 0.05) is 29.9 Å². The maximum atomic E-state index is 12.9. The molecule has 31 heavy (non-hydrogen) atoms. The van der Waals surface area contributed by atoms with Crippen molar-refractivity contribution in [1.29, 1.82) is 0 Å². The van der Waals surface area contributed by atoms with E-state index < -0.39 is 0 Å². The monoisotopic (exact) mass is 432 g/mol. The van der Waals surface area contributed by atoms with Crippen LogP contribution in [0.4, 0.5) is 5.82 Å². The quantitative estimate of drug-likeness (QED) is 0.464. The fraction of sp³-hybridized carbons (Fsp3) is 0.292. The molecule has 1 amide bonds.